The molecule has 1 saturated carbocycles. The number of hydrogen-bond acceptors (Lipinski definition) is 4. The normalized spacial score (nSPS) is 14.5. The first-order valence-corrected chi connectivity index (χ1v) is 15.9. The Morgan fingerprint density at radius 2 is 1.61 bits per heavy atom. The summed E-state index contributed by atoms with van der Waals surface area (Å²) in [4.78, 5) is 28.8. The van der Waals surface area contributed by atoms with Crippen molar-refractivity contribution in [1.29, 1.82) is 0 Å². The highest BCUT2D eigenvalue weighted by Crippen LogP contribution is 2.28. The average molecular weight is 617 g/mol. The Morgan fingerprint density at radius 1 is 0.951 bits per heavy atom. The van der Waals surface area contributed by atoms with Gasteiger partial charge in [-0.2, -0.15) is 0 Å². The first-order chi connectivity index (χ1) is 19.5. The number of nitrogens with one attached hydrogen (secondary N) is 1. The smallest absolute Gasteiger partial charge is 0.264 e. The Labute approximate surface area is 252 Å². The summed E-state index contributed by atoms with van der Waals surface area (Å²) >= 11 is 12.5. The van der Waals surface area contributed by atoms with Gasteiger partial charge in [-0.15, -0.1) is 0 Å². The number of nitrogens with zero attached hydrogens (tertiary/aromatic N) is 2. The summed E-state index contributed by atoms with van der Waals surface area (Å²) in [7, 11) is -4.17. The summed E-state index contributed by atoms with van der Waals surface area (Å²) in [6.45, 7) is 5.00. The van der Waals surface area contributed by atoms with E-state index in [1.807, 2.05) is 19.9 Å². The lowest BCUT2D eigenvalue weighted by atomic mass is 10.1. The van der Waals surface area contributed by atoms with Gasteiger partial charge in [-0.3, -0.25) is 13.9 Å². The van der Waals surface area contributed by atoms with Gasteiger partial charge in [0.2, 0.25) is 11.8 Å². The van der Waals surface area contributed by atoms with E-state index in [9.17, 15) is 18.0 Å². The van der Waals surface area contributed by atoms with Crippen molar-refractivity contribution in [2.24, 2.45) is 0 Å². The molecule has 218 valence electrons. The number of sulfonamides is 1. The number of carbonyl (C=O) groups is 2. The zero-order chi connectivity index (χ0) is 29.7. The fourth-order valence-electron chi connectivity index (χ4n) is 4.93. The Bertz CT molecular complexity index is 1510. The molecule has 41 heavy (non-hydrogen) atoms. The van der Waals surface area contributed by atoms with Crippen molar-refractivity contribution in [2.45, 2.75) is 70.0 Å². The van der Waals surface area contributed by atoms with E-state index in [-0.39, 0.29) is 23.4 Å². The number of benzene rings is 3. The number of anilines is 1. The zero-order valence-corrected chi connectivity index (χ0v) is 25.8. The Balaban J connectivity index is 1.71. The number of aryl methyl sites for hydroxylation is 2. The van der Waals surface area contributed by atoms with Crippen LogP contribution < -0.4 is 9.62 Å². The van der Waals surface area contributed by atoms with E-state index < -0.39 is 28.5 Å². The van der Waals surface area contributed by atoms with Gasteiger partial charge in [-0.1, -0.05) is 60.3 Å². The van der Waals surface area contributed by atoms with E-state index >= 15 is 0 Å². The number of amides is 2. The van der Waals surface area contributed by atoms with E-state index in [0.29, 0.717) is 21.3 Å². The number of rotatable bonds is 10. The molecule has 0 aromatic heterocycles. The van der Waals surface area contributed by atoms with Gasteiger partial charge in [0.15, 0.2) is 0 Å². The third-order valence-electron chi connectivity index (χ3n) is 7.63. The molecule has 0 bridgehead atoms. The quantitative estimate of drug-likeness (QED) is 0.291. The highest BCUT2D eigenvalue weighted by molar-refractivity contribution is 7.92. The highest BCUT2D eigenvalue weighted by Gasteiger charge is 2.33. The minimum Gasteiger partial charge on any atom is -0.352 e. The van der Waals surface area contributed by atoms with Gasteiger partial charge < -0.3 is 10.2 Å². The van der Waals surface area contributed by atoms with Crippen molar-refractivity contribution in [3.8, 4) is 0 Å². The van der Waals surface area contributed by atoms with E-state index in [1.54, 1.807) is 43.3 Å². The maximum atomic E-state index is 14.1. The Hall–Kier alpha value is -3.07. The van der Waals surface area contributed by atoms with Crippen molar-refractivity contribution in [3.63, 3.8) is 0 Å². The van der Waals surface area contributed by atoms with Crippen LogP contribution in [0.4, 0.5) is 5.69 Å². The number of hydrogen-bond donors (Lipinski definition) is 1. The molecule has 1 atom stereocenters. The summed E-state index contributed by atoms with van der Waals surface area (Å²) in [6.07, 6.45) is 3.90. The molecular formula is C31H35Cl2N3O4S. The summed E-state index contributed by atoms with van der Waals surface area (Å²) in [5.74, 6) is -0.814. The number of carbonyl (C=O) groups excluding carboxylic acids is 2. The van der Waals surface area contributed by atoms with Crippen LogP contribution in [-0.2, 0) is 26.2 Å². The minimum atomic E-state index is -4.17. The van der Waals surface area contributed by atoms with Gasteiger partial charge in [-0.05, 0) is 92.8 Å². The molecule has 7 nitrogen and oxygen atoms in total. The molecule has 10 heteroatoms. The van der Waals surface area contributed by atoms with Crippen LogP contribution in [0, 0.1) is 13.8 Å². The molecule has 4 rings (SSSR count). The first-order valence-electron chi connectivity index (χ1n) is 13.7. The van der Waals surface area contributed by atoms with Crippen LogP contribution >= 0.6 is 23.2 Å². The van der Waals surface area contributed by atoms with Crippen molar-refractivity contribution in [2.75, 3.05) is 10.8 Å². The SMILES string of the molecule is Cc1ccc(N(CC(=O)N(Cc2ccccc2Cl)C(C)C(=O)NC2CCCC2)S(=O)(=O)c2ccc(Cl)cc2)cc1C. The topological polar surface area (TPSA) is 86.8 Å². The lowest BCUT2D eigenvalue weighted by Gasteiger charge is -2.32. The zero-order valence-electron chi connectivity index (χ0n) is 23.4. The molecular weight excluding hydrogens is 581 g/mol. The molecule has 3 aromatic carbocycles. The van der Waals surface area contributed by atoms with E-state index in [4.69, 9.17) is 23.2 Å². The van der Waals surface area contributed by atoms with E-state index in [2.05, 4.69) is 5.32 Å². The molecule has 1 unspecified atom stereocenters. The lowest BCUT2D eigenvalue weighted by molar-refractivity contribution is -0.139. The van der Waals surface area contributed by atoms with E-state index in [1.165, 1.54) is 29.2 Å². The molecule has 0 aliphatic heterocycles. The second kappa shape index (κ2) is 13.3. The third kappa shape index (κ3) is 7.42. The van der Waals surface area contributed by atoms with Gasteiger partial charge in [0.05, 0.1) is 10.6 Å². The monoisotopic (exact) mass is 615 g/mol. The molecule has 3 aromatic rings. The van der Waals surface area contributed by atoms with Crippen LogP contribution in [0.5, 0.6) is 0 Å². The van der Waals surface area contributed by atoms with E-state index in [0.717, 1.165) is 41.1 Å². The van der Waals surface area contributed by atoms with Crippen molar-refractivity contribution >= 4 is 50.7 Å². The van der Waals surface area contributed by atoms with Crippen LogP contribution in [0.3, 0.4) is 0 Å². The van der Waals surface area contributed by atoms with Gasteiger partial charge in [-0.25, -0.2) is 8.42 Å². The van der Waals surface area contributed by atoms with Crippen LogP contribution in [0.1, 0.15) is 49.3 Å². The summed E-state index contributed by atoms with van der Waals surface area (Å²) < 4.78 is 29.0. The molecule has 1 aliphatic carbocycles. The predicted molar refractivity (Wildman–Crippen MR) is 164 cm³/mol. The fraction of sp³-hybridized carbons (Fsp3) is 0.355. The highest BCUT2D eigenvalue weighted by atomic mass is 35.5. The van der Waals surface area contributed by atoms with Gasteiger partial charge in [0, 0.05) is 22.6 Å². The Kier molecular flexibility index (Phi) is 10.00. The van der Waals surface area contributed by atoms with Crippen molar-refractivity contribution in [3.05, 3.63) is 93.5 Å². The van der Waals surface area contributed by atoms with Crippen LogP contribution in [0.2, 0.25) is 10.0 Å². The molecule has 0 radical (unpaired) electrons. The largest absolute Gasteiger partial charge is 0.352 e. The Morgan fingerprint density at radius 3 is 2.24 bits per heavy atom. The van der Waals surface area contributed by atoms with Crippen LogP contribution in [-0.4, -0.2) is 43.8 Å². The molecule has 1 fully saturated rings. The second-order valence-corrected chi connectivity index (χ2v) is 13.2. The first kappa shape index (κ1) is 30.9. The molecule has 0 heterocycles. The second-order valence-electron chi connectivity index (χ2n) is 10.5. The minimum absolute atomic E-state index is 0.00222. The molecule has 2 amide bonds. The standard InChI is InChI=1S/C31H35Cl2N3O4S/c1-21-12-15-27(18-22(21)2)36(41(39,40)28-16-13-25(32)14-17-28)20-30(37)35(19-24-8-4-7-11-29(24)33)23(3)31(38)34-26-9-5-6-10-26/h4,7-8,11-18,23,26H,5-6,9-10,19-20H2,1-3H3,(H,34,38). The molecule has 1 N–H and O–H groups in total. The average Bonchev–Trinajstić information content (AvgIpc) is 3.45. The van der Waals surface area contributed by atoms with Crippen LogP contribution in [0.25, 0.3) is 0 Å². The van der Waals surface area contributed by atoms with Crippen LogP contribution in [0.15, 0.2) is 71.6 Å². The van der Waals surface area contributed by atoms with Crippen molar-refractivity contribution < 1.29 is 18.0 Å². The summed E-state index contributed by atoms with van der Waals surface area (Å²) in [6, 6.07) is 17.4. The maximum Gasteiger partial charge on any atom is 0.264 e. The third-order valence-corrected chi connectivity index (χ3v) is 10.0. The molecule has 1 aliphatic rings. The summed E-state index contributed by atoms with van der Waals surface area (Å²) in [5.41, 5.74) is 2.86. The maximum absolute atomic E-state index is 14.1. The van der Waals surface area contributed by atoms with Gasteiger partial charge in [0.1, 0.15) is 12.6 Å². The van der Waals surface area contributed by atoms with Crippen molar-refractivity contribution in [1.82, 2.24) is 10.2 Å². The number of halogens is 2. The molecule has 0 spiro atoms. The summed E-state index contributed by atoms with van der Waals surface area (Å²) in [5, 5.41) is 3.91. The van der Waals surface area contributed by atoms with Gasteiger partial charge >= 0.3 is 0 Å². The fourth-order valence-corrected chi connectivity index (χ4v) is 6.66. The van der Waals surface area contributed by atoms with Gasteiger partial charge in [0.25, 0.3) is 10.0 Å². The predicted octanol–water partition coefficient (Wildman–Crippen LogP) is 6.28. The lowest BCUT2D eigenvalue weighted by Crippen LogP contribution is -2.52. The molecule has 0 saturated heterocycles.